The number of nitrogens with zero attached hydrogens (tertiary/aromatic N) is 1. The fraction of sp³-hybridized carbons (Fsp3) is 0.438. The van der Waals surface area contributed by atoms with Gasteiger partial charge in [0.25, 0.3) is 0 Å². The molecule has 5 nitrogen and oxygen atoms in total. The van der Waals surface area contributed by atoms with Crippen LogP contribution in [0.25, 0.3) is 11.0 Å². The van der Waals surface area contributed by atoms with Crippen LogP contribution in [0.1, 0.15) is 29.0 Å². The standard InChI is InChI=1S/C16H20N2O3/c1-18(13-3-4-13)7-6-17-10-11-2-5-14-12(8-11)9-15(21-14)16(19)20/h2,5,8-9,13,17H,3-4,6-7,10H2,1H3,(H,19,20). The van der Waals surface area contributed by atoms with Crippen LogP contribution in [0.2, 0.25) is 0 Å². The molecule has 1 aromatic heterocycles. The second-order valence-electron chi connectivity index (χ2n) is 5.68. The van der Waals surface area contributed by atoms with Crippen LogP contribution in [0.4, 0.5) is 0 Å². The van der Waals surface area contributed by atoms with E-state index in [1.807, 2.05) is 18.2 Å². The van der Waals surface area contributed by atoms with Crippen molar-refractivity contribution in [1.82, 2.24) is 10.2 Å². The fourth-order valence-electron chi connectivity index (χ4n) is 2.49. The molecular weight excluding hydrogens is 268 g/mol. The summed E-state index contributed by atoms with van der Waals surface area (Å²) in [6.07, 6.45) is 2.67. The Morgan fingerprint density at radius 1 is 1.43 bits per heavy atom. The molecule has 0 radical (unpaired) electrons. The first kappa shape index (κ1) is 14.1. The number of fused-ring (bicyclic) bond motifs is 1. The van der Waals surface area contributed by atoms with E-state index in [2.05, 4.69) is 17.3 Å². The minimum absolute atomic E-state index is 0.0128. The van der Waals surface area contributed by atoms with Crippen molar-refractivity contribution in [2.75, 3.05) is 20.1 Å². The first-order valence-electron chi connectivity index (χ1n) is 7.30. The number of furan rings is 1. The van der Waals surface area contributed by atoms with Gasteiger partial charge in [-0.25, -0.2) is 4.79 Å². The number of hydrogen-bond acceptors (Lipinski definition) is 4. The number of carboxylic acid groups (broad SMARTS) is 1. The molecule has 1 aromatic carbocycles. The molecule has 3 rings (SSSR count). The summed E-state index contributed by atoms with van der Waals surface area (Å²) in [5.74, 6) is -1.05. The van der Waals surface area contributed by atoms with Crippen LogP contribution < -0.4 is 5.32 Å². The minimum Gasteiger partial charge on any atom is -0.475 e. The Labute approximate surface area is 123 Å². The maximum Gasteiger partial charge on any atom is 0.371 e. The molecule has 0 amide bonds. The van der Waals surface area contributed by atoms with Gasteiger partial charge in [0.15, 0.2) is 0 Å². The summed E-state index contributed by atoms with van der Waals surface area (Å²) in [5, 5.41) is 13.2. The number of rotatable bonds is 7. The van der Waals surface area contributed by atoms with Crippen molar-refractivity contribution >= 4 is 16.9 Å². The molecule has 1 aliphatic rings. The summed E-state index contributed by atoms with van der Waals surface area (Å²) in [5.41, 5.74) is 1.75. The third-order valence-electron chi connectivity index (χ3n) is 3.93. The van der Waals surface area contributed by atoms with E-state index in [0.717, 1.165) is 36.6 Å². The SMILES string of the molecule is CN(CCNCc1ccc2oc(C(=O)O)cc2c1)C1CC1. The fourth-order valence-corrected chi connectivity index (χ4v) is 2.49. The zero-order chi connectivity index (χ0) is 14.8. The van der Waals surface area contributed by atoms with Crippen molar-refractivity contribution in [1.29, 1.82) is 0 Å². The van der Waals surface area contributed by atoms with Crippen molar-refractivity contribution in [2.45, 2.75) is 25.4 Å². The number of carboxylic acids is 1. The lowest BCUT2D eigenvalue weighted by atomic mass is 10.1. The number of hydrogen-bond donors (Lipinski definition) is 2. The van der Waals surface area contributed by atoms with Gasteiger partial charge in [-0.3, -0.25) is 0 Å². The molecular formula is C16H20N2O3. The van der Waals surface area contributed by atoms with E-state index in [1.54, 1.807) is 6.07 Å². The van der Waals surface area contributed by atoms with E-state index >= 15 is 0 Å². The average Bonchev–Trinajstić information content (AvgIpc) is 3.22. The van der Waals surface area contributed by atoms with Gasteiger partial charge in [0.05, 0.1) is 0 Å². The highest BCUT2D eigenvalue weighted by atomic mass is 16.4. The van der Waals surface area contributed by atoms with E-state index in [4.69, 9.17) is 9.52 Å². The minimum atomic E-state index is -1.03. The van der Waals surface area contributed by atoms with Crippen LogP contribution in [-0.4, -0.2) is 42.2 Å². The van der Waals surface area contributed by atoms with Crippen molar-refractivity contribution < 1.29 is 14.3 Å². The monoisotopic (exact) mass is 288 g/mol. The van der Waals surface area contributed by atoms with Crippen molar-refractivity contribution in [2.24, 2.45) is 0 Å². The predicted octanol–water partition coefficient (Wildman–Crippen LogP) is 2.31. The highest BCUT2D eigenvalue weighted by Crippen LogP contribution is 2.24. The molecule has 1 aliphatic carbocycles. The van der Waals surface area contributed by atoms with Crippen molar-refractivity contribution in [3.05, 3.63) is 35.6 Å². The van der Waals surface area contributed by atoms with E-state index in [0.29, 0.717) is 5.58 Å². The van der Waals surface area contributed by atoms with Crippen LogP contribution in [0.15, 0.2) is 28.7 Å². The Balaban J connectivity index is 1.55. The Morgan fingerprint density at radius 3 is 2.95 bits per heavy atom. The molecule has 21 heavy (non-hydrogen) atoms. The van der Waals surface area contributed by atoms with E-state index in [1.165, 1.54) is 12.8 Å². The largest absolute Gasteiger partial charge is 0.475 e. The topological polar surface area (TPSA) is 65.7 Å². The Morgan fingerprint density at radius 2 is 2.24 bits per heavy atom. The molecule has 0 saturated heterocycles. The normalized spacial score (nSPS) is 15.0. The Hall–Kier alpha value is -1.85. The highest BCUT2D eigenvalue weighted by molar-refractivity contribution is 5.91. The van der Waals surface area contributed by atoms with Crippen LogP contribution >= 0.6 is 0 Å². The molecule has 0 aliphatic heterocycles. The molecule has 2 N–H and O–H groups in total. The molecule has 1 fully saturated rings. The number of carbonyl (C=O) groups is 1. The highest BCUT2D eigenvalue weighted by Gasteiger charge is 2.25. The zero-order valence-corrected chi connectivity index (χ0v) is 12.1. The summed E-state index contributed by atoms with van der Waals surface area (Å²) in [6.45, 7) is 2.79. The second kappa shape index (κ2) is 5.87. The third-order valence-corrected chi connectivity index (χ3v) is 3.93. The van der Waals surface area contributed by atoms with Crippen molar-refractivity contribution in [3.8, 4) is 0 Å². The molecule has 112 valence electrons. The lowest BCUT2D eigenvalue weighted by Crippen LogP contribution is -2.30. The molecule has 1 heterocycles. The summed E-state index contributed by atoms with van der Waals surface area (Å²) in [4.78, 5) is 13.3. The van der Waals surface area contributed by atoms with Crippen LogP contribution in [0, 0.1) is 0 Å². The third kappa shape index (κ3) is 3.43. The first-order chi connectivity index (χ1) is 10.1. The molecule has 5 heteroatoms. The van der Waals surface area contributed by atoms with Gasteiger partial charge in [0.1, 0.15) is 5.58 Å². The zero-order valence-electron chi connectivity index (χ0n) is 12.1. The van der Waals surface area contributed by atoms with Gasteiger partial charge in [-0.1, -0.05) is 6.07 Å². The lowest BCUT2D eigenvalue weighted by molar-refractivity contribution is 0.0665. The Bertz CT molecular complexity index is 646. The Kier molecular flexibility index (Phi) is 3.94. The number of aromatic carboxylic acids is 1. The second-order valence-corrected chi connectivity index (χ2v) is 5.68. The molecule has 2 aromatic rings. The molecule has 0 atom stereocenters. The predicted molar refractivity (Wildman–Crippen MR) is 80.5 cm³/mol. The van der Waals surface area contributed by atoms with Gasteiger partial charge < -0.3 is 19.7 Å². The maximum absolute atomic E-state index is 10.9. The van der Waals surface area contributed by atoms with Gasteiger partial charge in [0.2, 0.25) is 5.76 Å². The van der Waals surface area contributed by atoms with Gasteiger partial charge in [-0.15, -0.1) is 0 Å². The van der Waals surface area contributed by atoms with E-state index in [9.17, 15) is 4.79 Å². The maximum atomic E-state index is 10.9. The molecule has 0 bridgehead atoms. The quantitative estimate of drug-likeness (QED) is 0.765. The van der Waals surface area contributed by atoms with Crippen LogP contribution in [0.3, 0.4) is 0 Å². The number of likely N-dealkylation sites (N-methyl/N-ethyl adjacent to an activating group) is 1. The van der Waals surface area contributed by atoms with Gasteiger partial charge >= 0.3 is 5.97 Å². The lowest BCUT2D eigenvalue weighted by Gasteiger charge is -2.15. The number of nitrogens with one attached hydrogen (secondary N) is 1. The summed E-state index contributed by atoms with van der Waals surface area (Å²) in [6, 6.07) is 8.14. The summed E-state index contributed by atoms with van der Waals surface area (Å²) in [7, 11) is 2.17. The van der Waals surface area contributed by atoms with Crippen LogP contribution in [-0.2, 0) is 6.54 Å². The average molecular weight is 288 g/mol. The molecule has 0 unspecified atom stereocenters. The van der Waals surface area contributed by atoms with Gasteiger partial charge in [-0.2, -0.15) is 0 Å². The van der Waals surface area contributed by atoms with Gasteiger partial charge in [-0.05, 0) is 43.7 Å². The van der Waals surface area contributed by atoms with Crippen LogP contribution in [0.5, 0.6) is 0 Å². The smallest absolute Gasteiger partial charge is 0.371 e. The van der Waals surface area contributed by atoms with E-state index < -0.39 is 5.97 Å². The summed E-state index contributed by atoms with van der Waals surface area (Å²) < 4.78 is 5.25. The molecule has 1 saturated carbocycles. The first-order valence-corrected chi connectivity index (χ1v) is 7.30. The van der Waals surface area contributed by atoms with Crippen molar-refractivity contribution in [3.63, 3.8) is 0 Å². The number of benzene rings is 1. The van der Waals surface area contributed by atoms with Gasteiger partial charge in [0, 0.05) is 31.1 Å². The molecule has 0 spiro atoms. The summed E-state index contributed by atoms with van der Waals surface area (Å²) >= 11 is 0. The van der Waals surface area contributed by atoms with E-state index in [-0.39, 0.29) is 5.76 Å².